The number of rotatable bonds is 8. The minimum Gasteiger partial charge on any atom is -0.495 e. The van der Waals surface area contributed by atoms with E-state index in [0.717, 1.165) is 0 Å². The number of amides is 2. The fourth-order valence-electron chi connectivity index (χ4n) is 2.82. The molecule has 0 bridgehead atoms. The van der Waals surface area contributed by atoms with Crippen molar-refractivity contribution >= 4 is 34.8 Å². The lowest BCUT2D eigenvalue weighted by molar-refractivity contribution is -0.117. The second-order valence-corrected chi connectivity index (χ2v) is 6.92. The van der Waals surface area contributed by atoms with Crippen molar-refractivity contribution in [2.24, 2.45) is 0 Å². The molecule has 1 heterocycles. The lowest BCUT2D eigenvalue weighted by Crippen LogP contribution is -2.21. The van der Waals surface area contributed by atoms with E-state index < -0.39 is 5.91 Å². The van der Waals surface area contributed by atoms with Gasteiger partial charge in [0.25, 0.3) is 5.91 Å². The number of hydrogen-bond donors (Lipinski definition) is 2. The van der Waals surface area contributed by atoms with Crippen molar-refractivity contribution in [3.8, 4) is 11.5 Å². The standard InChI is InChI=1S/C21H22ClN5O4/c1-4-31-16-8-6-15(7-9-16)23-21(29)20-13(2)27(26-25-20)12-19(28)24-17-11-14(22)5-10-18(17)30-3/h5-11H,4,12H2,1-3H3,(H,23,29)(H,24,28). The maximum atomic E-state index is 12.6. The normalized spacial score (nSPS) is 10.5. The van der Waals surface area contributed by atoms with Crippen molar-refractivity contribution < 1.29 is 19.1 Å². The zero-order valence-electron chi connectivity index (χ0n) is 17.3. The van der Waals surface area contributed by atoms with Crippen LogP contribution < -0.4 is 20.1 Å². The van der Waals surface area contributed by atoms with E-state index in [0.29, 0.717) is 40.2 Å². The van der Waals surface area contributed by atoms with Gasteiger partial charge in [-0.3, -0.25) is 9.59 Å². The first-order valence-corrected chi connectivity index (χ1v) is 9.86. The van der Waals surface area contributed by atoms with E-state index in [4.69, 9.17) is 21.1 Å². The van der Waals surface area contributed by atoms with E-state index in [2.05, 4.69) is 20.9 Å². The number of nitrogens with one attached hydrogen (secondary N) is 2. The Kier molecular flexibility index (Phi) is 7.09. The molecular weight excluding hydrogens is 422 g/mol. The van der Waals surface area contributed by atoms with Crippen LogP contribution in [0.2, 0.25) is 5.02 Å². The van der Waals surface area contributed by atoms with Crippen LogP contribution in [0.15, 0.2) is 42.5 Å². The van der Waals surface area contributed by atoms with Crippen molar-refractivity contribution in [1.29, 1.82) is 0 Å². The summed E-state index contributed by atoms with van der Waals surface area (Å²) in [6, 6.07) is 11.9. The third-order valence-corrected chi connectivity index (χ3v) is 4.58. The SMILES string of the molecule is CCOc1ccc(NC(=O)c2nnn(CC(=O)Nc3cc(Cl)ccc3OC)c2C)cc1. The van der Waals surface area contributed by atoms with Gasteiger partial charge < -0.3 is 20.1 Å². The van der Waals surface area contributed by atoms with Crippen LogP contribution in [0.1, 0.15) is 23.1 Å². The summed E-state index contributed by atoms with van der Waals surface area (Å²) in [4.78, 5) is 25.0. The van der Waals surface area contributed by atoms with Gasteiger partial charge in [-0.25, -0.2) is 4.68 Å². The zero-order valence-corrected chi connectivity index (χ0v) is 18.1. The third-order valence-electron chi connectivity index (χ3n) is 4.35. The Morgan fingerprint density at radius 3 is 2.55 bits per heavy atom. The summed E-state index contributed by atoms with van der Waals surface area (Å²) < 4.78 is 11.9. The van der Waals surface area contributed by atoms with Gasteiger partial charge in [-0.2, -0.15) is 0 Å². The van der Waals surface area contributed by atoms with E-state index >= 15 is 0 Å². The van der Waals surface area contributed by atoms with Crippen LogP contribution in [-0.4, -0.2) is 40.5 Å². The highest BCUT2D eigenvalue weighted by molar-refractivity contribution is 6.31. The molecule has 3 aromatic rings. The minimum absolute atomic E-state index is 0.127. The smallest absolute Gasteiger partial charge is 0.278 e. The maximum absolute atomic E-state index is 12.6. The summed E-state index contributed by atoms with van der Waals surface area (Å²) in [6.45, 7) is 3.99. The summed E-state index contributed by atoms with van der Waals surface area (Å²) in [5.74, 6) is 0.394. The third kappa shape index (κ3) is 5.52. The van der Waals surface area contributed by atoms with E-state index in [-0.39, 0.29) is 18.1 Å². The summed E-state index contributed by atoms with van der Waals surface area (Å²) in [6.07, 6.45) is 0. The fraction of sp³-hybridized carbons (Fsp3) is 0.238. The molecule has 9 nitrogen and oxygen atoms in total. The Bertz CT molecular complexity index is 1080. The average Bonchev–Trinajstić information content (AvgIpc) is 3.10. The number of aromatic nitrogens is 3. The lowest BCUT2D eigenvalue weighted by atomic mass is 10.2. The molecule has 0 aliphatic heterocycles. The van der Waals surface area contributed by atoms with Gasteiger partial charge in [-0.1, -0.05) is 16.8 Å². The van der Waals surface area contributed by atoms with Crippen LogP contribution in [0, 0.1) is 6.92 Å². The predicted octanol–water partition coefficient (Wildman–Crippen LogP) is 3.54. The molecule has 0 spiro atoms. The molecule has 10 heteroatoms. The Morgan fingerprint density at radius 1 is 1.13 bits per heavy atom. The monoisotopic (exact) mass is 443 g/mol. The Hall–Kier alpha value is -3.59. The quantitative estimate of drug-likeness (QED) is 0.551. The number of carbonyl (C=O) groups excluding carboxylic acids is 2. The lowest BCUT2D eigenvalue weighted by Gasteiger charge is -2.11. The van der Waals surface area contributed by atoms with E-state index in [1.54, 1.807) is 49.4 Å². The van der Waals surface area contributed by atoms with Crippen molar-refractivity contribution in [1.82, 2.24) is 15.0 Å². The number of hydrogen-bond acceptors (Lipinski definition) is 6. The second-order valence-electron chi connectivity index (χ2n) is 6.49. The zero-order chi connectivity index (χ0) is 22.4. The highest BCUT2D eigenvalue weighted by Crippen LogP contribution is 2.27. The molecule has 0 unspecified atom stereocenters. The molecule has 0 fully saturated rings. The molecule has 162 valence electrons. The predicted molar refractivity (Wildman–Crippen MR) is 117 cm³/mol. The van der Waals surface area contributed by atoms with E-state index in [9.17, 15) is 9.59 Å². The Labute approximate surface area is 184 Å². The first-order chi connectivity index (χ1) is 14.9. The van der Waals surface area contributed by atoms with Crippen molar-refractivity contribution in [3.05, 3.63) is 58.9 Å². The topological polar surface area (TPSA) is 107 Å². The Morgan fingerprint density at radius 2 is 1.87 bits per heavy atom. The second kappa shape index (κ2) is 9.94. The summed E-state index contributed by atoms with van der Waals surface area (Å²) in [5, 5.41) is 13.8. The van der Waals surface area contributed by atoms with Gasteiger partial charge in [0.2, 0.25) is 5.91 Å². The fourth-order valence-corrected chi connectivity index (χ4v) is 2.99. The van der Waals surface area contributed by atoms with Crippen LogP contribution in [0.4, 0.5) is 11.4 Å². The first-order valence-electron chi connectivity index (χ1n) is 9.49. The largest absolute Gasteiger partial charge is 0.495 e. The van der Waals surface area contributed by atoms with E-state index in [1.807, 2.05) is 6.92 Å². The van der Waals surface area contributed by atoms with Crippen LogP contribution in [0.5, 0.6) is 11.5 Å². The average molecular weight is 444 g/mol. The summed E-state index contributed by atoms with van der Waals surface area (Å²) >= 11 is 5.99. The highest BCUT2D eigenvalue weighted by Gasteiger charge is 2.19. The highest BCUT2D eigenvalue weighted by atomic mass is 35.5. The van der Waals surface area contributed by atoms with E-state index in [1.165, 1.54) is 11.8 Å². The van der Waals surface area contributed by atoms with Crippen LogP contribution >= 0.6 is 11.6 Å². The van der Waals surface area contributed by atoms with Gasteiger partial charge in [-0.05, 0) is 56.3 Å². The number of methoxy groups -OCH3 is 1. The molecule has 0 radical (unpaired) electrons. The molecule has 0 aliphatic rings. The van der Waals surface area contributed by atoms with Gasteiger partial charge in [0, 0.05) is 10.7 Å². The van der Waals surface area contributed by atoms with Gasteiger partial charge in [0.15, 0.2) is 5.69 Å². The molecule has 1 aromatic heterocycles. The van der Waals surface area contributed by atoms with Crippen LogP contribution in [0.25, 0.3) is 0 Å². The number of anilines is 2. The maximum Gasteiger partial charge on any atom is 0.278 e. The van der Waals surface area contributed by atoms with Crippen molar-refractivity contribution in [2.45, 2.75) is 20.4 Å². The van der Waals surface area contributed by atoms with Gasteiger partial charge in [0.05, 0.1) is 25.1 Å². The van der Waals surface area contributed by atoms with Gasteiger partial charge >= 0.3 is 0 Å². The summed E-state index contributed by atoms with van der Waals surface area (Å²) in [7, 11) is 1.50. The first kappa shape index (κ1) is 22.1. The number of halogens is 1. The number of carbonyl (C=O) groups is 2. The number of benzene rings is 2. The molecule has 3 rings (SSSR count). The van der Waals surface area contributed by atoms with Crippen LogP contribution in [0.3, 0.4) is 0 Å². The molecular formula is C21H22ClN5O4. The molecule has 0 saturated carbocycles. The molecule has 2 N–H and O–H groups in total. The van der Waals surface area contributed by atoms with Crippen molar-refractivity contribution in [3.63, 3.8) is 0 Å². The van der Waals surface area contributed by atoms with Gasteiger partial charge in [0.1, 0.15) is 18.0 Å². The van der Waals surface area contributed by atoms with Crippen LogP contribution in [-0.2, 0) is 11.3 Å². The number of nitrogens with zero attached hydrogens (tertiary/aromatic N) is 3. The minimum atomic E-state index is -0.426. The molecule has 0 atom stereocenters. The molecule has 0 aliphatic carbocycles. The van der Waals surface area contributed by atoms with Crippen molar-refractivity contribution in [2.75, 3.05) is 24.4 Å². The Balaban J connectivity index is 1.66. The molecule has 31 heavy (non-hydrogen) atoms. The number of ether oxygens (including phenoxy) is 2. The summed E-state index contributed by atoms with van der Waals surface area (Å²) in [5.41, 5.74) is 1.61. The molecule has 0 saturated heterocycles. The molecule has 2 aromatic carbocycles. The molecule has 2 amide bonds. The van der Waals surface area contributed by atoms with Gasteiger partial charge in [-0.15, -0.1) is 5.10 Å².